The van der Waals surface area contributed by atoms with Gasteiger partial charge in [0, 0.05) is 6.21 Å². The van der Waals surface area contributed by atoms with Crippen molar-refractivity contribution in [1.29, 1.82) is 0 Å². The average molecular weight is 276 g/mol. The van der Waals surface area contributed by atoms with E-state index in [1.807, 2.05) is 38.1 Å². The highest BCUT2D eigenvalue weighted by atomic mass is 16.5. The number of carbonyl (C=O) groups excluding carboxylic acids is 1. The van der Waals surface area contributed by atoms with Gasteiger partial charge in [-0.1, -0.05) is 45.9 Å². The maximum absolute atomic E-state index is 11.6. The number of ether oxygens (including phenoxy) is 1. The first-order valence-electron chi connectivity index (χ1n) is 7.08. The summed E-state index contributed by atoms with van der Waals surface area (Å²) in [5.74, 6) is 1.24. The van der Waals surface area contributed by atoms with Crippen LogP contribution >= 0.6 is 0 Å². The molecule has 0 aliphatic carbocycles. The minimum absolute atomic E-state index is 0.0249. The number of hydrogen-bond acceptors (Lipinski definition) is 3. The van der Waals surface area contributed by atoms with Crippen molar-refractivity contribution < 1.29 is 9.53 Å². The second kappa shape index (κ2) is 8.35. The van der Waals surface area contributed by atoms with Crippen LogP contribution in [0.15, 0.2) is 29.4 Å². The monoisotopic (exact) mass is 276 g/mol. The van der Waals surface area contributed by atoms with E-state index in [2.05, 4.69) is 24.4 Å². The van der Waals surface area contributed by atoms with Gasteiger partial charge >= 0.3 is 0 Å². The Bertz CT molecular complexity index is 456. The molecule has 0 saturated heterocycles. The number of rotatable bonds is 7. The van der Waals surface area contributed by atoms with Crippen LogP contribution in [0.5, 0.6) is 5.75 Å². The standard InChI is InChI=1S/C16H24N2O2/c1-5-13(4)14-8-6-7-9-15(14)20-11-16(19)18-17-10-12(2)3/h6-10,12-13H,5,11H2,1-4H3,(H,18,19)/b17-10+. The summed E-state index contributed by atoms with van der Waals surface area (Å²) in [7, 11) is 0. The number of benzene rings is 1. The highest BCUT2D eigenvalue weighted by Gasteiger charge is 2.10. The molecule has 1 amide bonds. The van der Waals surface area contributed by atoms with Gasteiger partial charge in [-0.15, -0.1) is 0 Å². The van der Waals surface area contributed by atoms with Gasteiger partial charge in [0.05, 0.1) is 0 Å². The van der Waals surface area contributed by atoms with Gasteiger partial charge in [-0.25, -0.2) is 5.43 Å². The van der Waals surface area contributed by atoms with Crippen molar-refractivity contribution in [2.45, 2.75) is 40.0 Å². The first-order chi connectivity index (χ1) is 9.54. The molecule has 0 fully saturated rings. The maximum Gasteiger partial charge on any atom is 0.277 e. The molecule has 0 aliphatic heterocycles. The second-order valence-electron chi connectivity index (χ2n) is 5.19. The lowest BCUT2D eigenvalue weighted by molar-refractivity contribution is -0.123. The maximum atomic E-state index is 11.6. The molecule has 1 aromatic carbocycles. The van der Waals surface area contributed by atoms with Gasteiger partial charge in [0.1, 0.15) is 5.75 Å². The van der Waals surface area contributed by atoms with Crippen LogP contribution < -0.4 is 10.2 Å². The molecule has 4 nitrogen and oxygen atoms in total. The van der Waals surface area contributed by atoms with E-state index < -0.39 is 0 Å². The highest BCUT2D eigenvalue weighted by Crippen LogP contribution is 2.28. The average Bonchev–Trinajstić information content (AvgIpc) is 2.44. The summed E-state index contributed by atoms with van der Waals surface area (Å²) in [6.07, 6.45) is 2.72. The quantitative estimate of drug-likeness (QED) is 0.613. The van der Waals surface area contributed by atoms with Crippen molar-refractivity contribution in [2.75, 3.05) is 6.61 Å². The predicted molar refractivity (Wildman–Crippen MR) is 82.1 cm³/mol. The van der Waals surface area contributed by atoms with Crippen LogP contribution in [0.3, 0.4) is 0 Å². The Morgan fingerprint density at radius 2 is 2.05 bits per heavy atom. The zero-order valence-corrected chi connectivity index (χ0v) is 12.7. The van der Waals surface area contributed by atoms with Crippen molar-refractivity contribution >= 4 is 12.1 Å². The van der Waals surface area contributed by atoms with Crippen LogP contribution in [0.25, 0.3) is 0 Å². The van der Waals surface area contributed by atoms with E-state index in [1.165, 1.54) is 0 Å². The van der Waals surface area contributed by atoms with E-state index in [0.29, 0.717) is 11.8 Å². The molecule has 1 unspecified atom stereocenters. The molecular weight excluding hydrogens is 252 g/mol. The molecule has 20 heavy (non-hydrogen) atoms. The third kappa shape index (κ3) is 5.43. The molecule has 0 radical (unpaired) electrons. The lowest BCUT2D eigenvalue weighted by Crippen LogP contribution is -2.25. The van der Waals surface area contributed by atoms with Crippen molar-refractivity contribution in [3.8, 4) is 5.75 Å². The molecule has 1 atom stereocenters. The van der Waals surface area contributed by atoms with Crippen molar-refractivity contribution in [2.24, 2.45) is 11.0 Å². The minimum Gasteiger partial charge on any atom is -0.483 e. The van der Waals surface area contributed by atoms with Gasteiger partial charge in [0.25, 0.3) is 5.91 Å². The second-order valence-corrected chi connectivity index (χ2v) is 5.19. The SMILES string of the molecule is CCC(C)c1ccccc1OCC(=O)N/N=C/C(C)C. The number of nitrogens with zero attached hydrogens (tertiary/aromatic N) is 1. The summed E-state index contributed by atoms with van der Waals surface area (Å²) >= 11 is 0. The first-order valence-corrected chi connectivity index (χ1v) is 7.08. The van der Waals surface area contributed by atoms with Gasteiger partial charge < -0.3 is 4.74 Å². The van der Waals surface area contributed by atoms with Crippen LogP contribution in [0.1, 0.15) is 45.6 Å². The molecule has 0 aromatic heterocycles. The summed E-state index contributed by atoms with van der Waals surface area (Å²) in [4.78, 5) is 11.6. The number of para-hydroxylation sites is 1. The Hall–Kier alpha value is -1.84. The van der Waals surface area contributed by atoms with E-state index >= 15 is 0 Å². The van der Waals surface area contributed by atoms with Crippen molar-refractivity contribution in [3.63, 3.8) is 0 Å². The Kier molecular flexibility index (Phi) is 6.77. The van der Waals surface area contributed by atoms with Crippen LogP contribution in [0.4, 0.5) is 0 Å². The summed E-state index contributed by atoms with van der Waals surface area (Å²) in [6.45, 7) is 8.25. The highest BCUT2D eigenvalue weighted by molar-refractivity contribution is 5.78. The van der Waals surface area contributed by atoms with Gasteiger partial charge in [0.2, 0.25) is 0 Å². The minimum atomic E-state index is -0.249. The van der Waals surface area contributed by atoms with Crippen LogP contribution in [0.2, 0.25) is 0 Å². The summed E-state index contributed by atoms with van der Waals surface area (Å²) < 4.78 is 5.59. The number of amides is 1. The number of carbonyl (C=O) groups is 1. The number of hydrazone groups is 1. The van der Waals surface area contributed by atoms with Crippen LogP contribution in [-0.4, -0.2) is 18.7 Å². The van der Waals surface area contributed by atoms with E-state index in [9.17, 15) is 4.79 Å². The van der Waals surface area contributed by atoms with Gasteiger partial charge in [-0.2, -0.15) is 5.10 Å². The Balaban J connectivity index is 2.55. The molecule has 110 valence electrons. The molecule has 1 rings (SSSR count). The lowest BCUT2D eigenvalue weighted by Gasteiger charge is -2.15. The number of hydrogen-bond donors (Lipinski definition) is 1. The fraction of sp³-hybridized carbons (Fsp3) is 0.500. The van der Waals surface area contributed by atoms with Gasteiger partial charge in [-0.05, 0) is 29.9 Å². The van der Waals surface area contributed by atoms with E-state index in [4.69, 9.17) is 4.74 Å². The molecular formula is C16H24N2O2. The van der Waals surface area contributed by atoms with Crippen LogP contribution in [0, 0.1) is 5.92 Å². The topological polar surface area (TPSA) is 50.7 Å². The van der Waals surface area contributed by atoms with Crippen molar-refractivity contribution in [1.82, 2.24) is 5.43 Å². The van der Waals surface area contributed by atoms with Gasteiger partial charge in [-0.3, -0.25) is 4.79 Å². The van der Waals surface area contributed by atoms with E-state index in [0.717, 1.165) is 17.7 Å². The molecule has 4 heteroatoms. The summed E-state index contributed by atoms with van der Waals surface area (Å²) in [6, 6.07) is 7.84. The third-order valence-electron chi connectivity index (χ3n) is 2.98. The Morgan fingerprint density at radius 3 is 2.70 bits per heavy atom. The van der Waals surface area contributed by atoms with E-state index in [-0.39, 0.29) is 12.5 Å². The summed E-state index contributed by atoms with van der Waals surface area (Å²) in [5, 5.41) is 3.85. The van der Waals surface area contributed by atoms with Crippen molar-refractivity contribution in [3.05, 3.63) is 29.8 Å². The Labute approximate surface area is 121 Å². The summed E-state index contributed by atoms with van der Waals surface area (Å²) in [5.41, 5.74) is 3.59. The fourth-order valence-corrected chi connectivity index (χ4v) is 1.67. The first kappa shape index (κ1) is 16.2. The smallest absolute Gasteiger partial charge is 0.277 e. The fourth-order valence-electron chi connectivity index (χ4n) is 1.67. The third-order valence-corrected chi connectivity index (χ3v) is 2.98. The normalized spacial score (nSPS) is 12.7. The van der Waals surface area contributed by atoms with E-state index in [1.54, 1.807) is 6.21 Å². The molecule has 1 N–H and O–H groups in total. The molecule has 0 heterocycles. The van der Waals surface area contributed by atoms with Gasteiger partial charge in [0.15, 0.2) is 6.61 Å². The van der Waals surface area contributed by atoms with Crippen LogP contribution in [-0.2, 0) is 4.79 Å². The zero-order valence-electron chi connectivity index (χ0n) is 12.7. The zero-order chi connectivity index (χ0) is 15.0. The number of nitrogens with one attached hydrogen (secondary N) is 1. The predicted octanol–water partition coefficient (Wildman–Crippen LogP) is 3.34. The molecule has 0 saturated carbocycles. The molecule has 0 bridgehead atoms. The molecule has 0 aliphatic rings. The Morgan fingerprint density at radius 1 is 1.35 bits per heavy atom. The largest absolute Gasteiger partial charge is 0.483 e. The molecule has 1 aromatic rings. The lowest BCUT2D eigenvalue weighted by atomic mass is 9.98. The molecule has 0 spiro atoms.